The van der Waals surface area contributed by atoms with Crippen molar-refractivity contribution in [2.45, 2.75) is 38.5 Å². The first kappa shape index (κ1) is 19.9. The lowest BCUT2D eigenvalue weighted by Crippen LogP contribution is -2.32. The van der Waals surface area contributed by atoms with Crippen LogP contribution >= 0.6 is 11.6 Å². The van der Waals surface area contributed by atoms with Gasteiger partial charge in [-0.1, -0.05) is 43.7 Å². The lowest BCUT2D eigenvalue weighted by molar-refractivity contribution is 0.245. The first-order chi connectivity index (χ1) is 13.6. The number of nitriles is 1. The van der Waals surface area contributed by atoms with Gasteiger partial charge in [0, 0.05) is 5.02 Å². The van der Waals surface area contributed by atoms with E-state index in [0.717, 1.165) is 6.42 Å². The predicted octanol–water partition coefficient (Wildman–Crippen LogP) is 4.57. The van der Waals surface area contributed by atoms with Gasteiger partial charge < -0.3 is 10.5 Å². The van der Waals surface area contributed by atoms with Crippen molar-refractivity contribution in [3.05, 3.63) is 41.3 Å². The van der Waals surface area contributed by atoms with E-state index in [9.17, 15) is 4.79 Å². The number of nitrogens with two attached hydrogens (primary N) is 1. The summed E-state index contributed by atoms with van der Waals surface area (Å²) in [6.45, 7) is 0.547. The zero-order valence-corrected chi connectivity index (χ0v) is 16.2. The van der Waals surface area contributed by atoms with Gasteiger partial charge in [0.2, 0.25) is 0 Å². The number of halogens is 1. The van der Waals surface area contributed by atoms with Crippen LogP contribution in [0.2, 0.25) is 5.02 Å². The molecular weight excluding hydrogens is 378 g/mol. The molecule has 146 valence electrons. The minimum atomic E-state index is -0.751. The molecule has 7 nitrogen and oxygen atoms in total. The minimum absolute atomic E-state index is 0.142. The number of carbonyl (C=O) groups excluding carboxylic acids is 1. The third-order valence-electron chi connectivity index (χ3n) is 4.87. The van der Waals surface area contributed by atoms with Crippen LogP contribution in [0.25, 0.3) is 0 Å². The molecule has 0 atom stereocenters. The van der Waals surface area contributed by atoms with E-state index >= 15 is 0 Å². The largest absolute Gasteiger partial charge is 0.491 e. The average Bonchev–Trinajstić information content (AvgIpc) is 2.71. The Morgan fingerprint density at radius 1 is 1.29 bits per heavy atom. The molecule has 0 aliphatic heterocycles. The Labute approximate surface area is 169 Å². The van der Waals surface area contributed by atoms with Gasteiger partial charge in [0.15, 0.2) is 11.5 Å². The third kappa shape index (κ3) is 4.90. The molecule has 0 saturated heterocycles. The number of amides is 2. The summed E-state index contributed by atoms with van der Waals surface area (Å²) in [4.78, 5) is 21.4. The molecule has 1 aromatic carbocycles. The van der Waals surface area contributed by atoms with Gasteiger partial charge in [0.05, 0.1) is 24.7 Å². The van der Waals surface area contributed by atoms with Crippen molar-refractivity contribution in [1.82, 2.24) is 9.97 Å². The molecule has 28 heavy (non-hydrogen) atoms. The molecule has 2 N–H and O–H groups in total. The van der Waals surface area contributed by atoms with Gasteiger partial charge >= 0.3 is 6.03 Å². The van der Waals surface area contributed by atoms with Crippen molar-refractivity contribution >= 4 is 29.1 Å². The van der Waals surface area contributed by atoms with Crippen molar-refractivity contribution in [1.29, 1.82) is 5.26 Å². The Bertz CT molecular complexity index is 860. The summed E-state index contributed by atoms with van der Waals surface area (Å²) in [6, 6.07) is 6.15. The van der Waals surface area contributed by atoms with Crippen LogP contribution in [0.15, 0.2) is 30.6 Å². The molecule has 2 aromatic rings. The molecule has 8 heteroatoms. The summed E-state index contributed by atoms with van der Waals surface area (Å²) in [7, 11) is 0. The van der Waals surface area contributed by atoms with Crippen molar-refractivity contribution < 1.29 is 9.53 Å². The third-order valence-corrected chi connectivity index (χ3v) is 5.11. The molecule has 1 aliphatic carbocycles. The molecule has 0 spiro atoms. The summed E-state index contributed by atoms with van der Waals surface area (Å²) in [5.74, 6) is 1.36. The number of anilines is 2. The maximum absolute atomic E-state index is 12.2. The first-order valence-electron chi connectivity index (χ1n) is 9.32. The van der Waals surface area contributed by atoms with E-state index in [-0.39, 0.29) is 11.5 Å². The topological polar surface area (TPSA) is 105 Å². The summed E-state index contributed by atoms with van der Waals surface area (Å²) in [5.41, 5.74) is 6.12. The maximum Gasteiger partial charge on any atom is 0.325 e. The van der Waals surface area contributed by atoms with Crippen molar-refractivity contribution in [2.24, 2.45) is 11.7 Å². The molecular formula is C20H22ClN5O2. The van der Waals surface area contributed by atoms with E-state index in [0.29, 0.717) is 29.0 Å². The summed E-state index contributed by atoms with van der Waals surface area (Å²) in [5, 5.41) is 9.32. The summed E-state index contributed by atoms with van der Waals surface area (Å²) >= 11 is 6.14. The maximum atomic E-state index is 12.2. The van der Waals surface area contributed by atoms with Crippen molar-refractivity contribution in [3.8, 4) is 11.8 Å². The number of nitrogens with zero attached hydrogens (tertiary/aromatic N) is 4. The second-order valence-corrected chi connectivity index (χ2v) is 7.23. The van der Waals surface area contributed by atoms with E-state index in [4.69, 9.17) is 27.3 Å². The highest BCUT2D eigenvalue weighted by Crippen LogP contribution is 2.36. The summed E-state index contributed by atoms with van der Waals surface area (Å²) < 4.78 is 5.98. The molecule has 3 rings (SSSR count). The van der Waals surface area contributed by atoms with Crippen LogP contribution in [0.3, 0.4) is 0 Å². The van der Waals surface area contributed by atoms with E-state index in [1.54, 1.807) is 18.2 Å². The number of aromatic nitrogens is 2. The van der Waals surface area contributed by atoms with E-state index in [1.807, 2.05) is 6.07 Å². The van der Waals surface area contributed by atoms with Gasteiger partial charge in [-0.2, -0.15) is 5.26 Å². The number of urea groups is 1. The summed E-state index contributed by atoms with van der Waals surface area (Å²) in [6.07, 6.45) is 9.92. The quantitative estimate of drug-likeness (QED) is 0.765. The van der Waals surface area contributed by atoms with E-state index in [2.05, 4.69) is 9.97 Å². The van der Waals surface area contributed by atoms with Crippen molar-refractivity contribution in [2.75, 3.05) is 11.5 Å². The lowest BCUT2D eigenvalue weighted by atomic mass is 9.87. The highest BCUT2D eigenvalue weighted by atomic mass is 35.5. The molecule has 2 amide bonds. The standard InChI is InChI=1S/C20H22ClN5O2/c21-15-6-7-18(28-9-8-14-4-2-1-3-5-14)17(10-15)26(20(23)27)19-13-24-16(11-22)12-25-19/h6-7,10,12-14H,1-5,8-9H2,(H2,23,27). The van der Waals surface area contributed by atoms with Crippen LogP contribution in [0, 0.1) is 17.2 Å². The second kappa shape index (κ2) is 9.38. The SMILES string of the molecule is N#Cc1cnc(N(C(N)=O)c2cc(Cl)ccc2OCCC2CCCCC2)cn1. The minimum Gasteiger partial charge on any atom is -0.491 e. The number of hydrogen-bond donors (Lipinski definition) is 1. The van der Waals surface area contributed by atoms with Gasteiger partial charge in [0.1, 0.15) is 11.8 Å². The number of carbonyl (C=O) groups is 1. The average molecular weight is 400 g/mol. The highest BCUT2D eigenvalue weighted by molar-refractivity contribution is 6.31. The highest BCUT2D eigenvalue weighted by Gasteiger charge is 2.22. The number of hydrogen-bond acceptors (Lipinski definition) is 5. The van der Waals surface area contributed by atoms with Crippen LogP contribution < -0.4 is 15.4 Å². The fourth-order valence-electron chi connectivity index (χ4n) is 3.45. The van der Waals surface area contributed by atoms with Crippen LogP contribution in [-0.4, -0.2) is 22.6 Å². The molecule has 0 radical (unpaired) electrons. The Morgan fingerprint density at radius 2 is 2.07 bits per heavy atom. The van der Waals surface area contributed by atoms with Crippen LogP contribution in [0.1, 0.15) is 44.2 Å². The Morgan fingerprint density at radius 3 is 2.71 bits per heavy atom. The smallest absolute Gasteiger partial charge is 0.325 e. The Hall–Kier alpha value is -2.85. The molecule has 0 unspecified atom stereocenters. The molecule has 1 aliphatic rings. The van der Waals surface area contributed by atoms with Gasteiger partial charge in [0.25, 0.3) is 0 Å². The number of benzene rings is 1. The van der Waals surface area contributed by atoms with E-state index in [1.165, 1.54) is 49.4 Å². The second-order valence-electron chi connectivity index (χ2n) is 6.80. The first-order valence-corrected chi connectivity index (χ1v) is 9.70. The zero-order valence-electron chi connectivity index (χ0n) is 15.5. The number of ether oxygens (including phenoxy) is 1. The number of primary amides is 1. The van der Waals surface area contributed by atoms with Gasteiger partial charge in [-0.05, 0) is 30.5 Å². The van der Waals surface area contributed by atoms with Crippen LogP contribution in [-0.2, 0) is 0 Å². The monoisotopic (exact) mass is 399 g/mol. The van der Waals surface area contributed by atoms with Crippen LogP contribution in [0.4, 0.5) is 16.3 Å². The normalized spacial score (nSPS) is 14.3. The van der Waals surface area contributed by atoms with Gasteiger partial charge in [-0.3, -0.25) is 0 Å². The Balaban J connectivity index is 1.82. The fourth-order valence-corrected chi connectivity index (χ4v) is 3.61. The van der Waals surface area contributed by atoms with Gasteiger partial charge in [-0.15, -0.1) is 0 Å². The molecule has 1 aromatic heterocycles. The lowest BCUT2D eigenvalue weighted by Gasteiger charge is -2.24. The zero-order chi connectivity index (χ0) is 19.9. The molecule has 1 fully saturated rings. The molecule has 0 bridgehead atoms. The fraction of sp³-hybridized carbons (Fsp3) is 0.400. The Kier molecular flexibility index (Phi) is 6.66. The number of rotatable bonds is 6. The van der Waals surface area contributed by atoms with Gasteiger partial charge in [-0.25, -0.2) is 19.7 Å². The molecule has 1 saturated carbocycles. The van der Waals surface area contributed by atoms with Crippen molar-refractivity contribution in [3.63, 3.8) is 0 Å². The molecule has 1 heterocycles. The van der Waals surface area contributed by atoms with Crippen LogP contribution in [0.5, 0.6) is 5.75 Å². The van der Waals surface area contributed by atoms with E-state index < -0.39 is 6.03 Å². The predicted molar refractivity (Wildman–Crippen MR) is 107 cm³/mol.